The van der Waals surface area contributed by atoms with E-state index in [0.29, 0.717) is 33.0 Å². The summed E-state index contributed by atoms with van der Waals surface area (Å²) in [6.07, 6.45) is 4.07. The molecule has 1 heterocycles. The lowest BCUT2D eigenvalue weighted by Gasteiger charge is -2.07. The van der Waals surface area contributed by atoms with Crippen LogP contribution in [0.3, 0.4) is 0 Å². The summed E-state index contributed by atoms with van der Waals surface area (Å²) in [5.41, 5.74) is 1.08. The number of ether oxygens (including phenoxy) is 5. The molecule has 0 aliphatic carbocycles. The van der Waals surface area contributed by atoms with E-state index in [-0.39, 0.29) is 6.29 Å². The molecule has 0 fully saturated rings. The van der Waals surface area contributed by atoms with Crippen molar-refractivity contribution in [3.8, 4) is 11.5 Å². The maximum absolute atomic E-state index is 5.77. The first-order valence-corrected chi connectivity index (χ1v) is 9.03. The van der Waals surface area contributed by atoms with E-state index < -0.39 is 0 Å². The third-order valence-corrected chi connectivity index (χ3v) is 3.70. The van der Waals surface area contributed by atoms with E-state index in [9.17, 15) is 0 Å². The second-order valence-corrected chi connectivity index (χ2v) is 5.87. The van der Waals surface area contributed by atoms with E-state index in [1.807, 2.05) is 18.2 Å². The van der Waals surface area contributed by atoms with Gasteiger partial charge in [-0.05, 0) is 30.5 Å². The fraction of sp³-hybridized carbons (Fsp3) is 0.684. The van der Waals surface area contributed by atoms with Crippen molar-refractivity contribution in [1.29, 1.82) is 0 Å². The van der Waals surface area contributed by atoms with Crippen LogP contribution in [0.15, 0.2) is 18.2 Å². The molecular formula is C19H30O5. The zero-order chi connectivity index (χ0) is 17.0. The zero-order valence-corrected chi connectivity index (χ0v) is 14.9. The van der Waals surface area contributed by atoms with Crippen molar-refractivity contribution in [3.63, 3.8) is 0 Å². The van der Waals surface area contributed by atoms with E-state index in [1.165, 1.54) is 0 Å². The van der Waals surface area contributed by atoms with Gasteiger partial charge in [0.1, 0.15) is 0 Å². The topological polar surface area (TPSA) is 46.2 Å². The highest BCUT2D eigenvalue weighted by Crippen LogP contribution is 2.36. The number of hydrogen-bond donors (Lipinski definition) is 0. The Hall–Kier alpha value is -1.30. The fourth-order valence-electron chi connectivity index (χ4n) is 2.37. The van der Waals surface area contributed by atoms with Crippen LogP contribution in [0.1, 0.15) is 45.1 Å². The third kappa shape index (κ3) is 6.67. The molecule has 0 bridgehead atoms. The Balaban J connectivity index is 1.54. The molecule has 0 amide bonds. The van der Waals surface area contributed by atoms with Crippen LogP contribution in [0.25, 0.3) is 0 Å². The first-order chi connectivity index (χ1) is 11.8. The quantitative estimate of drug-likeness (QED) is 0.510. The second-order valence-electron chi connectivity index (χ2n) is 5.87. The Kier molecular flexibility index (Phi) is 8.95. The van der Waals surface area contributed by atoms with Crippen LogP contribution in [0.4, 0.5) is 0 Å². The van der Waals surface area contributed by atoms with Gasteiger partial charge in [0, 0.05) is 13.0 Å². The molecule has 0 radical (unpaired) electrons. The normalized spacial score (nSPS) is 15.8. The van der Waals surface area contributed by atoms with Crippen LogP contribution in [-0.4, -0.2) is 39.3 Å². The van der Waals surface area contributed by atoms with E-state index in [2.05, 4.69) is 13.8 Å². The van der Waals surface area contributed by atoms with Crippen molar-refractivity contribution in [1.82, 2.24) is 0 Å². The Bertz CT molecular complexity index is 463. The van der Waals surface area contributed by atoms with Gasteiger partial charge in [0.15, 0.2) is 11.5 Å². The maximum Gasteiger partial charge on any atom is 0.241 e. The molecule has 24 heavy (non-hydrogen) atoms. The first kappa shape index (κ1) is 19.0. The summed E-state index contributed by atoms with van der Waals surface area (Å²) >= 11 is 0. The summed E-state index contributed by atoms with van der Waals surface area (Å²) in [5, 5.41) is 0. The predicted molar refractivity (Wildman–Crippen MR) is 92.6 cm³/mol. The molecule has 0 saturated heterocycles. The van der Waals surface area contributed by atoms with Crippen LogP contribution in [0, 0.1) is 0 Å². The van der Waals surface area contributed by atoms with Crippen molar-refractivity contribution in [2.75, 3.05) is 33.0 Å². The zero-order valence-electron chi connectivity index (χ0n) is 14.9. The average Bonchev–Trinajstić information content (AvgIpc) is 2.98. The van der Waals surface area contributed by atoms with Gasteiger partial charge in [-0.15, -0.1) is 0 Å². The highest BCUT2D eigenvalue weighted by molar-refractivity contribution is 5.44. The van der Waals surface area contributed by atoms with Gasteiger partial charge in [-0.1, -0.05) is 26.3 Å². The molecule has 1 aliphatic rings. The van der Waals surface area contributed by atoms with Crippen molar-refractivity contribution in [2.24, 2.45) is 0 Å². The third-order valence-electron chi connectivity index (χ3n) is 3.70. The van der Waals surface area contributed by atoms with Crippen LogP contribution in [-0.2, 0) is 20.8 Å². The molecule has 5 nitrogen and oxygen atoms in total. The number of hydrogen-bond acceptors (Lipinski definition) is 5. The van der Waals surface area contributed by atoms with Gasteiger partial charge in [0.05, 0.1) is 33.0 Å². The Morgan fingerprint density at radius 2 is 1.54 bits per heavy atom. The monoisotopic (exact) mass is 338 g/mol. The molecule has 0 aromatic heterocycles. The van der Waals surface area contributed by atoms with Gasteiger partial charge >= 0.3 is 0 Å². The Morgan fingerprint density at radius 1 is 0.833 bits per heavy atom. The van der Waals surface area contributed by atoms with Crippen molar-refractivity contribution in [2.45, 2.75) is 52.4 Å². The summed E-state index contributed by atoms with van der Waals surface area (Å²) in [6, 6.07) is 5.96. The van der Waals surface area contributed by atoms with Crippen molar-refractivity contribution >= 4 is 0 Å². The molecule has 136 valence electrons. The molecular weight excluding hydrogens is 308 g/mol. The summed E-state index contributed by atoms with van der Waals surface area (Å²) in [6.45, 7) is 8.07. The largest absolute Gasteiger partial charge is 0.451 e. The van der Waals surface area contributed by atoms with E-state index >= 15 is 0 Å². The van der Waals surface area contributed by atoms with Crippen LogP contribution in [0.2, 0.25) is 0 Å². The summed E-state index contributed by atoms with van der Waals surface area (Å²) in [4.78, 5) is 0. The van der Waals surface area contributed by atoms with Crippen molar-refractivity contribution < 1.29 is 23.7 Å². The Morgan fingerprint density at radius 3 is 2.29 bits per heavy atom. The highest BCUT2D eigenvalue weighted by Gasteiger charge is 2.23. The average molecular weight is 338 g/mol. The SMILES string of the molecule is CCCCOCCOCCOCc1ccc2c(c1)OC(CCC)O2. The highest BCUT2D eigenvalue weighted by atomic mass is 16.7. The minimum absolute atomic E-state index is 0.144. The van der Waals surface area contributed by atoms with Gasteiger partial charge in [-0.25, -0.2) is 0 Å². The molecule has 1 aliphatic heterocycles. The molecule has 1 atom stereocenters. The number of unbranched alkanes of at least 4 members (excludes halogenated alkanes) is 1. The van der Waals surface area contributed by atoms with Crippen LogP contribution >= 0.6 is 0 Å². The van der Waals surface area contributed by atoms with Gasteiger partial charge < -0.3 is 23.7 Å². The smallest absolute Gasteiger partial charge is 0.241 e. The van der Waals surface area contributed by atoms with Gasteiger partial charge in [-0.3, -0.25) is 0 Å². The molecule has 1 aromatic carbocycles. The van der Waals surface area contributed by atoms with Crippen LogP contribution in [0.5, 0.6) is 11.5 Å². The standard InChI is InChI=1S/C19H30O5/c1-3-5-9-20-10-11-21-12-13-22-15-16-7-8-17-18(14-16)24-19(23-17)6-4-2/h7-8,14,19H,3-6,9-13,15H2,1-2H3. The maximum atomic E-state index is 5.77. The molecule has 1 aromatic rings. The molecule has 2 rings (SSSR count). The molecule has 1 unspecified atom stereocenters. The second kappa shape index (κ2) is 11.3. The van der Waals surface area contributed by atoms with Gasteiger partial charge in [-0.2, -0.15) is 0 Å². The minimum Gasteiger partial charge on any atom is -0.451 e. The van der Waals surface area contributed by atoms with E-state index in [0.717, 1.165) is 49.4 Å². The molecule has 0 N–H and O–H groups in total. The minimum atomic E-state index is -0.144. The predicted octanol–water partition coefficient (Wildman–Crippen LogP) is 3.93. The number of benzene rings is 1. The van der Waals surface area contributed by atoms with Crippen molar-refractivity contribution in [3.05, 3.63) is 23.8 Å². The number of fused-ring (bicyclic) bond motifs is 1. The summed E-state index contributed by atoms with van der Waals surface area (Å²) in [7, 11) is 0. The van der Waals surface area contributed by atoms with E-state index in [1.54, 1.807) is 0 Å². The lowest BCUT2D eigenvalue weighted by molar-refractivity contribution is 0.0101. The first-order valence-electron chi connectivity index (χ1n) is 9.03. The molecule has 0 saturated carbocycles. The van der Waals surface area contributed by atoms with Gasteiger partial charge in [0.2, 0.25) is 6.29 Å². The fourth-order valence-corrected chi connectivity index (χ4v) is 2.37. The van der Waals surface area contributed by atoms with Gasteiger partial charge in [0.25, 0.3) is 0 Å². The number of rotatable bonds is 13. The molecule has 5 heteroatoms. The van der Waals surface area contributed by atoms with Crippen LogP contribution < -0.4 is 9.47 Å². The lowest BCUT2D eigenvalue weighted by Crippen LogP contribution is -2.16. The summed E-state index contributed by atoms with van der Waals surface area (Å²) in [5.74, 6) is 1.64. The Labute approximate surface area is 145 Å². The van der Waals surface area contributed by atoms with E-state index in [4.69, 9.17) is 23.7 Å². The lowest BCUT2D eigenvalue weighted by atomic mass is 10.2. The summed E-state index contributed by atoms with van der Waals surface area (Å²) < 4.78 is 28.0. The molecule has 0 spiro atoms.